The molecule has 0 aromatic carbocycles. The molecule has 0 aliphatic heterocycles. The predicted octanol–water partition coefficient (Wildman–Crippen LogP) is 4.42. The molecule has 0 radical (unpaired) electrons. The molecule has 0 aliphatic carbocycles. The van der Waals surface area contributed by atoms with Crippen molar-refractivity contribution in [3.8, 4) is 5.75 Å². The van der Waals surface area contributed by atoms with Gasteiger partial charge in [-0.05, 0) is 32.2 Å². The van der Waals surface area contributed by atoms with Gasteiger partial charge in [-0.1, -0.05) is 19.9 Å². The molecule has 2 N–H and O–H groups in total. The van der Waals surface area contributed by atoms with Gasteiger partial charge in [-0.15, -0.1) is 35.3 Å². The molecule has 0 atom stereocenters. The number of halogens is 1. The number of hydrogen-bond donors (Lipinski definition) is 2. The first-order chi connectivity index (χ1) is 12.4. The number of rotatable bonds is 7. The van der Waals surface area contributed by atoms with Crippen LogP contribution in [0.4, 0.5) is 0 Å². The number of aromatic nitrogens is 1. The first kappa shape index (κ1) is 23.7. The quantitative estimate of drug-likeness (QED) is 0.335. The van der Waals surface area contributed by atoms with Crippen molar-refractivity contribution in [2.45, 2.75) is 46.6 Å². The SMILES string of the molecule is CCNC(=NCc1ncc(C)c(OC)c1C)NCC(C)(C)c1cccs1.I. The fraction of sp³-hybridized carbons (Fsp3) is 0.500. The zero-order valence-electron chi connectivity index (χ0n) is 17.0. The summed E-state index contributed by atoms with van der Waals surface area (Å²) in [5, 5.41) is 8.90. The van der Waals surface area contributed by atoms with Crippen molar-refractivity contribution in [2.75, 3.05) is 20.2 Å². The summed E-state index contributed by atoms with van der Waals surface area (Å²) in [6, 6.07) is 4.28. The van der Waals surface area contributed by atoms with E-state index in [1.54, 1.807) is 18.4 Å². The Morgan fingerprint density at radius 1 is 1.30 bits per heavy atom. The highest BCUT2D eigenvalue weighted by molar-refractivity contribution is 14.0. The number of methoxy groups -OCH3 is 1. The maximum absolute atomic E-state index is 5.49. The third-order valence-corrected chi connectivity index (χ3v) is 5.60. The number of nitrogens with zero attached hydrogens (tertiary/aromatic N) is 2. The van der Waals surface area contributed by atoms with E-state index in [9.17, 15) is 0 Å². The summed E-state index contributed by atoms with van der Waals surface area (Å²) in [6.45, 7) is 12.7. The van der Waals surface area contributed by atoms with Crippen LogP contribution in [0.1, 0.15) is 42.5 Å². The zero-order chi connectivity index (χ0) is 19.2. The Bertz CT molecular complexity index is 745. The van der Waals surface area contributed by atoms with Crippen LogP contribution in [-0.4, -0.2) is 31.1 Å². The average Bonchev–Trinajstić information content (AvgIpc) is 3.15. The predicted molar refractivity (Wildman–Crippen MR) is 126 cm³/mol. The van der Waals surface area contributed by atoms with Crippen LogP contribution in [0.25, 0.3) is 0 Å². The van der Waals surface area contributed by atoms with Crippen molar-refractivity contribution in [1.82, 2.24) is 15.6 Å². The molecule has 2 aromatic rings. The van der Waals surface area contributed by atoms with Crippen LogP contribution in [-0.2, 0) is 12.0 Å². The molecule has 2 aromatic heterocycles. The Hall–Kier alpha value is -1.35. The lowest BCUT2D eigenvalue weighted by molar-refractivity contribution is 0.407. The van der Waals surface area contributed by atoms with E-state index in [0.29, 0.717) is 6.54 Å². The standard InChI is InChI=1S/C20H30N4OS.HI/c1-7-21-19(24-13-20(4,5)17-9-8-10-26-17)23-12-16-15(3)18(25-6)14(2)11-22-16;/h8-11H,7,12-13H2,1-6H3,(H2,21,23,24);1H. The summed E-state index contributed by atoms with van der Waals surface area (Å²) in [6.07, 6.45) is 1.84. The fourth-order valence-electron chi connectivity index (χ4n) is 2.78. The second-order valence-electron chi connectivity index (χ2n) is 6.96. The number of aryl methyl sites for hydroxylation is 1. The molecular formula is C20H31IN4OS. The van der Waals surface area contributed by atoms with E-state index in [1.807, 2.05) is 20.0 Å². The Morgan fingerprint density at radius 3 is 2.63 bits per heavy atom. The minimum atomic E-state index is 0. The summed E-state index contributed by atoms with van der Waals surface area (Å²) >= 11 is 1.79. The average molecular weight is 502 g/mol. The number of nitrogens with one attached hydrogen (secondary N) is 2. The Balaban J connectivity index is 0.00000364. The number of ether oxygens (including phenoxy) is 1. The largest absolute Gasteiger partial charge is 0.496 e. The Kier molecular flexibility index (Phi) is 9.52. The van der Waals surface area contributed by atoms with E-state index >= 15 is 0 Å². The number of pyridine rings is 1. The minimum absolute atomic E-state index is 0. The summed E-state index contributed by atoms with van der Waals surface area (Å²) in [5.74, 6) is 1.69. The Morgan fingerprint density at radius 2 is 2.04 bits per heavy atom. The first-order valence-electron chi connectivity index (χ1n) is 8.94. The lowest BCUT2D eigenvalue weighted by Crippen LogP contribution is -2.43. The zero-order valence-corrected chi connectivity index (χ0v) is 20.2. The topological polar surface area (TPSA) is 58.5 Å². The number of thiophene rings is 1. The van der Waals surface area contributed by atoms with Gasteiger partial charge < -0.3 is 15.4 Å². The lowest BCUT2D eigenvalue weighted by atomic mass is 9.91. The van der Waals surface area contributed by atoms with Crippen LogP contribution in [0.3, 0.4) is 0 Å². The van der Waals surface area contributed by atoms with E-state index in [0.717, 1.165) is 41.6 Å². The highest BCUT2D eigenvalue weighted by Crippen LogP contribution is 2.27. The fourth-order valence-corrected chi connectivity index (χ4v) is 3.63. The highest BCUT2D eigenvalue weighted by atomic mass is 127. The van der Waals surface area contributed by atoms with Crippen LogP contribution in [0, 0.1) is 13.8 Å². The molecule has 0 spiro atoms. The van der Waals surface area contributed by atoms with Crippen molar-refractivity contribution in [3.05, 3.63) is 45.4 Å². The van der Waals surface area contributed by atoms with Gasteiger partial charge in [0, 0.05) is 40.7 Å². The third-order valence-electron chi connectivity index (χ3n) is 4.37. The molecule has 0 bridgehead atoms. The second kappa shape index (κ2) is 10.8. The molecule has 27 heavy (non-hydrogen) atoms. The minimum Gasteiger partial charge on any atom is -0.496 e. The number of hydrogen-bond acceptors (Lipinski definition) is 4. The molecule has 0 fully saturated rings. The molecule has 5 nitrogen and oxygen atoms in total. The van der Waals surface area contributed by atoms with Gasteiger partial charge in [-0.25, -0.2) is 4.99 Å². The van der Waals surface area contributed by atoms with Gasteiger partial charge in [0.05, 0.1) is 19.3 Å². The van der Waals surface area contributed by atoms with E-state index in [1.165, 1.54) is 4.88 Å². The molecule has 0 unspecified atom stereocenters. The van der Waals surface area contributed by atoms with Crippen molar-refractivity contribution in [1.29, 1.82) is 0 Å². The van der Waals surface area contributed by atoms with Gasteiger partial charge >= 0.3 is 0 Å². The van der Waals surface area contributed by atoms with E-state index in [-0.39, 0.29) is 29.4 Å². The molecule has 150 valence electrons. The van der Waals surface area contributed by atoms with Crippen LogP contribution in [0.15, 0.2) is 28.7 Å². The molecule has 0 amide bonds. The van der Waals surface area contributed by atoms with Crippen LogP contribution in [0.5, 0.6) is 5.75 Å². The maximum atomic E-state index is 5.49. The van der Waals surface area contributed by atoms with Gasteiger partial charge in [0.25, 0.3) is 0 Å². The molecule has 0 saturated carbocycles. The monoisotopic (exact) mass is 502 g/mol. The lowest BCUT2D eigenvalue weighted by Gasteiger charge is -2.25. The molecule has 7 heteroatoms. The van der Waals surface area contributed by atoms with Gasteiger partial charge in [-0.3, -0.25) is 4.98 Å². The number of guanidine groups is 1. The van der Waals surface area contributed by atoms with Gasteiger partial charge in [0.2, 0.25) is 0 Å². The van der Waals surface area contributed by atoms with Crippen LogP contribution in [0.2, 0.25) is 0 Å². The summed E-state index contributed by atoms with van der Waals surface area (Å²) in [7, 11) is 1.70. The molecule has 0 saturated heterocycles. The third kappa shape index (κ3) is 6.34. The molecule has 2 heterocycles. The summed E-state index contributed by atoms with van der Waals surface area (Å²) in [5.41, 5.74) is 3.07. The van der Waals surface area contributed by atoms with Crippen LogP contribution < -0.4 is 15.4 Å². The normalized spacial score (nSPS) is 11.7. The smallest absolute Gasteiger partial charge is 0.191 e. The summed E-state index contributed by atoms with van der Waals surface area (Å²) in [4.78, 5) is 10.6. The number of aliphatic imine (C=N–C) groups is 1. The molecule has 0 aliphatic rings. The maximum Gasteiger partial charge on any atom is 0.191 e. The van der Waals surface area contributed by atoms with Crippen molar-refractivity contribution in [2.24, 2.45) is 4.99 Å². The molecule has 2 rings (SSSR count). The highest BCUT2D eigenvalue weighted by Gasteiger charge is 2.22. The van der Waals surface area contributed by atoms with Crippen molar-refractivity contribution < 1.29 is 4.74 Å². The second-order valence-corrected chi connectivity index (χ2v) is 7.90. The van der Waals surface area contributed by atoms with E-state index in [2.05, 4.69) is 53.9 Å². The van der Waals surface area contributed by atoms with Crippen molar-refractivity contribution >= 4 is 41.3 Å². The van der Waals surface area contributed by atoms with Crippen LogP contribution >= 0.6 is 35.3 Å². The van der Waals surface area contributed by atoms with Gasteiger partial charge in [0.1, 0.15) is 5.75 Å². The Labute approximate surface area is 184 Å². The van der Waals surface area contributed by atoms with Gasteiger partial charge in [0.15, 0.2) is 5.96 Å². The van der Waals surface area contributed by atoms with Gasteiger partial charge in [-0.2, -0.15) is 0 Å². The van der Waals surface area contributed by atoms with E-state index < -0.39 is 0 Å². The first-order valence-corrected chi connectivity index (χ1v) is 9.82. The van der Waals surface area contributed by atoms with E-state index in [4.69, 9.17) is 9.73 Å². The summed E-state index contributed by atoms with van der Waals surface area (Å²) < 4.78 is 5.49. The molecular weight excluding hydrogens is 471 g/mol. The van der Waals surface area contributed by atoms with Crippen molar-refractivity contribution in [3.63, 3.8) is 0 Å².